The van der Waals surface area contributed by atoms with Gasteiger partial charge in [-0.15, -0.1) is 0 Å². The van der Waals surface area contributed by atoms with Crippen molar-refractivity contribution in [1.82, 2.24) is 14.5 Å². The predicted octanol–water partition coefficient (Wildman–Crippen LogP) is 2.66. The Morgan fingerprint density at radius 2 is 1.57 bits per heavy atom. The number of sulfonamides is 1. The standard InChI is InChI=1S/C30H26N4O7S/c31-16-19-6-9-24(10-7-19)42(40,41)33-11-12-34(30(39)23-14-26(35)28(37)27(36)15-23)25(18-33)29(38)32-17-20-5-8-21-3-1-2-4-22(21)13-20/h1-10,13-15,25,35-37H,11-12,17-18H2,(H,32,38). The summed E-state index contributed by atoms with van der Waals surface area (Å²) in [6, 6.07) is 21.4. The van der Waals surface area contributed by atoms with Gasteiger partial charge < -0.3 is 25.5 Å². The maximum Gasteiger partial charge on any atom is 0.254 e. The second-order valence-corrected chi connectivity index (χ2v) is 11.7. The van der Waals surface area contributed by atoms with E-state index in [1.54, 1.807) is 0 Å². The first-order valence-electron chi connectivity index (χ1n) is 12.9. The molecule has 0 aliphatic carbocycles. The smallest absolute Gasteiger partial charge is 0.254 e. The van der Waals surface area contributed by atoms with Crippen LogP contribution < -0.4 is 5.32 Å². The Labute approximate surface area is 241 Å². The Morgan fingerprint density at radius 1 is 0.905 bits per heavy atom. The van der Waals surface area contributed by atoms with E-state index >= 15 is 0 Å². The van der Waals surface area contributed by atoms with Gasteiger partial charge in [0.1, 0.15) is 6.04 Å². The molecule has 1 heterocycles. The lowest BCUT2D eigenvalue weighted by Gasteiger charge is -2.40. The highest BCUT2D eigenvalue weighted by Gasteiger charge is 2.40. The number of fused-ring (bicyclic) bond motifs is 1. The number of carbonyl (C=O) groups excluding carboxylic acids is 2. The summed E-state index contributed by atoms with van der Waals surface area (Å²) in [5.74, 6) is -3.60. The zero-order valence-corrected chi connectivity index (χ0v) is 23.0. The summed E-state index contributed by atoms with van der Waals surface area (Å²) in [6.45, 7) is -0.567. The molecule has 1 saturated heterocycles. The molecule has 4 aromatic carbocycles. The number of hydrogen-bond donors (Lipinski definition) is 4. The second-order valence-electron chi connectivity index (χ2n) is 9.78. The number of hydrogen-bond acceptors (Lipinski definition) is 8. The number of amides is 2. The molecule has 0 spiro atoms. The van der Waals surface area contributed by atoms with E-state index in [0.717, 1.165) is 32.8 Å². The zero-order chi connectivity index (χ0) is 30.0. The van der Waals surface area contributed by atoms with Crippen LogP contribution in [0.4, 0.5) is 0 Å². The molecule has 11 nitrogen and oxygen atoms in total. The van der Waals surface area contributed by atoms with E-state index in [0.29, 0.717) is 0 Å². The first-order valence-corrected chi connectivity index (χ1v) is 14.3. The van der Waals surface area contributed by atoms with Crippen LogP contribution in [0, 0.1) is 11.3 Å². The quantitative estimate of drug-likeness (QED) is 0.250. The number of phenols is 3. The van der Waals surface area contributed by atoms with Crippen molar-refractivity contribution in [3.8, 4) is 23.3 Å². The van der Waals surface area contributed by atoms with Crippen LogP contribution in [0.1, 0.15) is 21.5 Å². The summed E-state index contributed by atoms with van der Waals surface area (Å²) in [5.41, 5.74) is 0.889. The minimum absolute atomic E-state index is 0.0648. The molecule has 0 radical (unpaired) electrons. The number of piperazine rings is 1. The Morgan fingerprint density at radius 3 is 2.24 bits per heavy atom. The molecule has 214 valence electrons. The maximum atomic E-state index is 13.6. The van der Waals surface area contributed by atoms with E-state index in [2.05, 4.69) is 5.32 Å². The first-order chi connectivity index (χ1) is 20.1. The lowest BCUT2D eigenvalue weighted by atomic mass is 10.1. The summed E-state index contributed by atoms with van der Waals surface area (Å²) >= 11 is 0. The van der Waals surface area contributed by atoms with E-state index < -0.39 is 45.1 Å². The van der Waals surface area contributed by atoms with E-state index in [4.69, 9.17) is 5.26 Å². The van der Waals surface area contributed by atoms with Crippen LogP contribution in [0.2, 0.25) is 0 Å². The average Bonchev–Trinajstić information content (AvgIpc) is 3.01. The molecular weight excluding hydrogens is 560 g/mol. The fraction of sp³-hybridized carbons (Fsp3) is 0.167. The van der Waals surface area contributed by atoms with Gasteiger partial charge in [0, 0.05) is 31.7 Å². The van der Waals surface area contributed by atoms with Gasteiger partial charge in [-0.05, 0) is 58.8 Å². The monoisotopic (exact) mass is 586 g/mol. The van der Waals surface area contributed by atoms with Crippen molar-refractivity contribution >= 4 is 32.6 Å². The molecule has 1 aliphatic heterocycles. The number of nitrogens with one attached hydrogen (secondary N) is 1. The van der Waals surface area contributed by atoms with Crippen LogP contribution in [0.3, 0.4) is 0 Å². The van der Waals surface area contributed by atoms with Crippen LogP contribution >= 0.6 is 0 Å². The number of carbonyl (C=O) groups is 2. The molecule has 2 amide bonds. The van der Waals surface area contributed by atoms with Gasteiger partial charge in [0.25, 0.3) is 5.91 Å². The van der Waals surface area contributed by atoms with Crippen molar-refractivity contribution < 1.29 is 33.3 Å². The number of aromatic hydroxyl groups is 3. The minimum atomic E-state index is -4.08. The summed E-state index contributed by atoms with van der Waals surface area (Å²) in [7, 11) is -4.08. The molecule has 1 unspecified atom stereocenters. The van der Waals surface area contributed by atoms with Crippen LogP contribution in [0.5, 0.6) is 17.2 Å². The maximum absolute atomic E-state index is 13.6. The van der Waals surface area contributed by atoms with Crippen molar-refractivity contribution in [2.45, 2.75) is 17.5 Å². The largest absolute Gasteiger partial charge is 0.504 e. The van der Waals surface area contributed by atoms with Gasteiger partial charge in [-0.25, -0.2) is 8.42 Å². The second kappa shape index (κ2) is 11.4. The van der Waals surface area contributed by atoms with Crippen LogP contribution in [-0.2, 0) is 21.4 Å². The van der Waals surface area contributed by atoms with Crippen LogP contribution in [0.25, 0.3) is 10.8 Å². The third-order valence-corrected chi connectivity index (χ3v) is 9.00. The third kappa shape index (κ3) is 5.56. The van der Waals surface area contributed by atoms with Gasteiger partial charge in [0.05, 0.1) is 16.5 Å². The van der Waals surface area contributed by atoms with Gasteiger partial charge in [0.2, 0.25) is 15.9 Å². The number of phenolic OH excluding ortho intramolecular Hbond substituents is 3. The Bertz CT molecular complexity index is 1810. The SMILES string of the molecule is N#Cc1ccc(S(=O)(=O)N2CCN(C(=O)c3cc(O)c(O)c(O)c3)C(C(=O)NCc3ccc4ccccc4c3)C2)cc1. The van der Waals surface area contributed by atoms with E-state index in [-0.39, 0.29) is 42.2 Å². The number of rotatable bonds is 6. The van der Waals surface area contributed by atoms with E-state index in [1.165, 1.54) is 29.2 Å². The van der Waals surface area contributed by atoms with Gasteiger partial charge in [-0.1, -0.05) is 36.4 Å². The lowest BCUT2D eigenvalue weighted by Crippen LogP contribution is -2.61. The summed E-state index contributed by atoms with van der Waals surface area (Å²) in [4.78, 5) is 28.2. The molecule has 42 heavy (non-hydrogen) atoms. The molecule has 0 saturated carbocycles. The molecular formula is C30H26N4O7S. The summed E-state index contributed by atoms with van der Waals surface area (Å²) in [5, 5.41) is 43.4. The lowest BCUT2D eigenvalue weighted by molar-refractivity contribution is -0.127. The molecule has 1 aliphatic rings. The van der Waals surface area contributed by atoms with E-state index in [1.807, 2.05) is 48.5 Å². The summed E-state index contributed by atoms with van der Waals surface area (Å²) < 4.78 is 28.0. The first kappa shape index (κ1) is 28.4. The van der Waals surface area contributed by atoms with Gasteiger partial charge in [-0.2, -0.15) is 9.57 Å². The van der Waals surface area contributed by atoms with Crippen molar-refractivity contribution in [2.75, 3.05) is 19.6 Å². The Balaban J connectivity index is 1.42. The van der Waals surface area contributed by atoms with Crippen molar-refractivity contribution in [2.24, 2.45) is 0 Å². The van der Waals surface area contributed by atoms with Crippen LogP contribution in [0.15, 0.2) is 83.8 Å². The van der Waals surface area contributed by atoms with E-state index in [9.17, 15) is 33.3 Å². The number of nitriles is 1. The van der Waals surface area contributed by atoms with Gasteiger partial charge in [-0.3, -0.25) is 9.59 Å². The Hall–Kier alpha value is -5.12. The summed E-state index contributed by atoms with van der Waals surface area (Å²) in [6.07, 6.45) is 0. The normalized spacial score (nSPS) is 15.7. The molecule has 1 atom stereocenters. The highest BCUT2D eigenvalue weighted by atomic mass is 32.2. The molecule has 12 heteroatoms. The molecule has 0 aromatic heterocycles. The molecule has 1 fully saturated rings. The van der Waals surface area contributed by atoms with Crippen molar-refractivity contribution in [3.63, 3.8) is 0 Å². The van der Waals surface area contributed by atoms with Gasteiger partial charge >= 0.3 is 0 Å². The molecule has 4 N–H and O–H groups in total. The highest BCUT2D eigenvalue weighted by molar-refractivity contribution is 7.89. The fourth-order valence-corrected chi connectivity index (χ4v) is 6.28. The predicted molar refractivity (Wildman–Crippen MR) is 152 cm³/mol. The van der Waals surface area contributed by atoms with Crippen LogP contribution in [-0.4, -0.2) is 70.4 Å². The topological polar surface area (TPSA) is 171 Å². The highest BCUT2D eigenvalue weighted by Crippen LogP contribution is 2.36. The van der Waals surface area contributed by atoms with Crippen molar-refractivity contribution in [3.05, 3.63) is 95.6 Å². The fourth-order valence-electron chi connectivity index (χ4n) is 4.84. The molecule has 0 bridgehead atoms. The number of nitrogens with zero attached hydrogens (tertiary/aromatic N) is 3. The Kier molecular flexibility index (Phi) is 7.71. The number of benzene rings is 4. The molecule has 4 aromatic rings. The zero-order valence-electron chi connectivity index (χ0n) is 22.1. The van der Waals surface area contributed by atoms with Gasteiger partial charge in [0.15, 0.2) is 17.2 Å². The van der Waals surface area contributed by atoms with Crippen molar-refractivity contribution in [1.29, 1.82) is 5.26 Å². The average molecular weight is 587 g/mol. The minimum Gasteiger partial charge on any atom is -0.504 e. The third-order valence-electron chi connectivity index (χ3n) is 7.13. The molecule has 5 rings (SSSR count).